The van der Waals surface area contributed by atoms with Gasteiger partial charge in [-0.05, 0) is 42.7 Å². The first-order chi connectivity index (χ1) is 13.8. The van der Waals surface area contributed by atoms with Gasteiger partial charge in [-0.2, -0.15) is 0 Å². The predicted octanol–water partition coefficient (Wildman–Crippen LogP) is 3.06. The first-order valence-corrected chi connectivity index (χ1v) is 9.91. The van der Waals surface area contributed by atoms with Crippen molar-refractivity contribution >= 4 is 11.6 Å². The molecule has 2 aliphatic heterocycles. The van der Waals surface area contributed by atoms with Gasteiger partial charge in [0.25, 0.3) is 5.91 Å². The molecule has 0 unspecified atom stereocenters. The van der Waals surface area contributed by atoms with Crippen LogP contribution in [0.4, 0.5) is 5.69 Å². The van der Waals surface area contributed by atoms with Crippen molar-refractivity contribution in [2.24, 2.45) is 0 Å². The van der Waals surface area contributed by atoms with E-state index < -0.39 is 0 Å². The summed E-state index contributed by atoms with van der Waals surface area (Å²) in [7, 11) is 0. The van der Waals surface area contributed by atoms with Crippen LogP contribution in [-0.2, 0) is 11.3 Å². The molecule has 3 aliphatic rings. The summed E-state index contributed by atoms with van der Waals surface area (Å²) in [5.74, 6) is 1.63. The number of carbonyl (C=O) groups excluding carboxylic acids is 1. The average molecular weight is 380 g/mol. The second-order valence-corrected chi connectivity index (χ2v) is 7.47. The molecule has 6 heteroatoms. The third-order valence-electron chi connectivity index (χ3n) is 5.52. The largest absolute Gasteiger partial charge is 0.454 e. The monoisotopic (exact) mass is 380 g/mol. The lowest BCUT2D eigenvalue weighted by Crippen LogP contribution is -2.39. The SMILES string of the molecule is O=C(c1ccccc1N1CCOCC1)N(Cc1ccc2c(c1)OCO2)C1CC1. The van der Waals surface area contributed by atoms with Crippen molar-refractivity contribution in [3.8, 4) is 11.5 Å². The molecule has 1 aliphatic carbocycles. The number of anilines is 1. The van der Waals surface area contributed by atoms with Crippen LogP contribution >= 0.6 is 0 Å². The van der Waals surface area contributed by atoms with Crippen LogP contribution in [0.3, 0.4) is 0 Å². The molecule has 6 nitrogen and oxygen atoms in total. The molecule has 0 aromatic heterocycles. The Morgan fingerprint density at radius 3 is 2.64 bits per heavy atom. The van der Waals surface area contributed by atoms with Gasteiger partial charge < -0.3 is 24.0 Å². The first kappa shape index (κ1) is 17.4. The maximum Gasteiger partial charge on any atom is 0.256 e. The zero-order valence-electron chi connectivity index (χ0n) is 15.8. The number of fused-ring (bicyclic) bond motifs is 1. The van der Waals surface area contributed by atoms with E-state index in [2.05, 4.69) is 4.90 Å². The number of benzene rings is 2. The Labute approximate surface area is 164 Å². The quantitative estimate of drug-likeness (QED) is 0.798. The number of morpholine rings is 1. The molecule has 2 fully saturated rings. The lowest BCUT2D eigenvalue weighted by molar-refractivity contribution is 0.0729. The van der Waals surface area contributed by atoms with Gasteiger partial charge in [0.05, 0.1) is 18.8 Å². The molecular formula is C22H24N2O4. The third kappa shape index (κ3) is 3.40. The minimum Gasteiger partial charge on any atom is -0.454 e. The molecule has 28 heavy (non-hydrogen) atoms. The molecule has 1 saturated carbocycles. The van der Waals surface area contributed by atoms with Gasteiger partial charge in [-0.3, -0.25) is 4.79 Å². The highest BCUT2D eigenvalue weighted by molar-refractivity contribution is 6.00. The summed E-state index contributed by atoms with van der Waals surface area (Å²) >= 11 is 0. The summed E-state index contributed by atoms with van der Waals surface area (Å²) < 4.78 is 16.4. The summed E-state index contributed by atoms with van der Waals surface area (Å²) in [5, 5.41) is 0. The minimum absolute atomic E-state index is 0.0993. The van der Waals surface area contributed by atoms with Crippen molar-refractivity contribution in [1.29, 1.82) is 0 Å². The molecule has 146 valence electrons. The van der Waals surface area contributed by atoms with Crippen molar-refractivity contribution in [2.75, 3.05) is 38.0 Å². The molecular weight excluding hydrogens is 356 g/mol. The highest BCUT2D eigenvalue weighted by atomic mass is 16.7. The third-order valence-corrected chi connectivity index (χ3v) is 5.52. The highest BCUT2D eigenvalue weighted by Crippen LogP contribution is 2.36. The Balaban J connectivity index is 1.41. The molecule has 0 spiro atoms. The Kier molecular flexibility index (Phi) is 4.56. The van der Waals surface area contributed by atoms with Crippen LogP contribution in [0.15, 0.2) is 42.5 Å². The maximum atomic E-state index is 13.5. The van der Waals surface area contributed by atoms with Gasteiger partial charge in [-0.25, -0.2) is 0 Å². The molecule has 1 amide bonds. The highest BCUT2D eigenvalue weighted by Gasteiger charge is 2.34. The fourth-order valence-corrected chi connectivity index (χ4v) is 3.88. The number of nitrogens with zero attached hydrogens (tertiary/aromatic N) is 2. The molecule has 2 aromatic rings. The number of hydrogen-bond acceptors (Lipinski definition) is 5. The Morgan fingerprint density at radius 2 is 1.82 bits per heavy atom. The summed E-state index contributed by atoms with van der Waals surface area (Å²) in [6.07, 6.45) is 2.13. The molecule has 1 saturated heterocycles. The molecule has 5 rings (SSSR count). The van der Waals surface area contributed by atoms with Gasteiger partial charge in [-0.1, -0.05) is 18.2 Å². The fraction of sp³-hybridized carbons (Fsp3) is 0.409. The summed E-state index contributed by atoms with van der Waals surface area (Å²) in [6, 6.07) is 14.2. The van der Waals surface area contributed by atoms with Gasteiger partial charge in [0.15, 0.2) is 11.5 Å². The van der Waals surface area contributed by atoms with Crippen molar-refractivity contribution in [2.45, 2.75) is 25.4 Å². The Morgan fingerprint density at radius 1 is 1.04 bits per heavy atom. The molecule has 0 N–H and O–H groups in total. The van der Waals surface area contributed by atoms with Crippen LogP contribution in [-0.4, -0.2) is 49.9 Å². The van der Waals surface area contributed by atoms with E-state index in [1.807, 2.05) is 47.4 Å². The van der Waals surface area contributed by atoms with E-state index in [1.54, 1.807) is 0 Å². The van der Waals surface area contributed by atoms with Crippen molar-refractivity contribution in [1.82, 2.24) is 4.90 Å². The topological polar surface area (TPSA) is 51.2 Å². The van der Waals surface area contributed by atoms with Crippen LogP contribution in [0, 0.1) is 0 Å². The average Bonchev–Trinajstić information content (AvgIpc) is 3.49. The zero-order chi connectivity index (χ0) is 18.9. The van der Waals surface area contributed by atoms with E-state index in [1.165, 1.54) is 0 Å². The molecule has 0 radical (unpaired) electrons. The van der Waals surface area contributed by atoms with E-state index in [0.29, 0.717) is 25.8 Å². The van der Waals surface area contributed by atoms with Crippen LogP contribution in [0.1, 0.15) is 28.8 Å². The Bertz CT molecular complexity index is 875. The van der Waals surface area contributed by atoms with E-state index in [-0.39, 0.29) is 12.7 Å². The standard InChI is InChI=1S/C22H24N2O4/c25-22(18-3-1-2-4-19(18)23-9-11-26-12-10-23)24(17-6-7-17)14-16-5-8-20-21(13-16)28-15-27-20/h1-5,8,13,17H,6-7,9-12,14-15H2. The number of ether oxygens (including phenoxy) is 3. The zero-order valence-corrected chi connectivity index (χ0v) is 15.8. The van der Waals surface area contributed by atoms with Crippen LogP contribution in [0.25, 0.3) is 0 Å². The van der Waals surface area contributed by atoms with Gasteiger partial charge >= 0.3 is 0 Å². The van der Waals surface area contributed by atoms with Gasteiger partial charge in [0.1, 0.15) is 0 Å². The fourth-order valence-electron chi connectivity index (χ4n) is 3.88. The smallest absolute Gasteiger partial charge is 0.256 e. The first-order valence-electron chi connectivity index (χ1n) is 9.91. The van der Waals surface area contributed by atoms with Gasteiger partial charge in [0, 0.05) is 31.4 Å². The predicted molar refractivity (Wildman–Crippen MR) is 105 cm³/mol. The van der Waals surface area contributed by atoms with Crippen LogP contribution in [0.2, 0.25) is 0 Å². The number of carbonyl (C=O) groups is 1. The van der Waals surface area contributed by atoms with Crippen molar-refractivity contribution < 1.29 is 19.0 Å². The normalized spacial score (nSPS) is 18.2. The number of amides is 1. The lowest BCUT2D eigenvalue weighted by Gasteiger charge is -2.31. The summed E-state index contributed by atoms with van der Waals surface area (Å²) in [5.41, 5.74) is 2.84. The van der Waals surface area contributed by atoms with E-state index in [9.17, 15) is 4.79 Å². The molecule has 0 atom stereocenters. The Hall–Kier alpha value is -2.73. The molecule has 2 heterocycles. The second-order valence-electron chi connectivity index (χ2n) is 7.47. The number of para-hydroxylation sites is 1. The van der Waals surface area contributed by atoms with Crippen LogP contribution < -0.4 is 14.4 Å². The van der Waals surface area contributed by atoms with Gasteiger partial charge in [0.2, 0.25) is 6.79 Å². The van der Waals surface area contributed by atoms with Gasteiger partial charge in [-0.15, -0.1) is 0 Å². The van der Waals surface area contributed by atoms with Crippen molar-refractivity contribution in [3.05, 3.63) is 53.6 Å². The van der Waals surface area contributed by atoms with Crippen molar-refractivity contribution in [3.63, 3.8) is 0 Å². The van der Waals surface area contributed by atoms with E-state index >= 15 is 0 Å². The molecule has 2 aromatic carbocycles. The maximum absolute atomic E-state index is 13.5. The number of hydrogen-bond donors (Lipinski definition) is 0. The molecule has 0 bridgehead atoms. The number of rotatable bonds is 5. The second kappa shape index (κ2) is 7.36. The summed E-state index contributed by atoms with van der Waals surface area (Å²) in [6.45, 7) is 3.87. The summed E-state index contributed by atoms with van der Waals surface area (Å²) in [4.78, 5) is 17.8. The minimum atomic E-state index is 0.0993. The van der Waals surface area contributed by atoms with Crippen LogP contribution in [0.5, 0.6) is 11.5 Å². The van der Waals surface area contributed by atoms with E-state index in [0.717, 1.165) is 54.2 Å². The lowest BCUT2D eigenvalue weighted by atomic mass is 10.1. The van der Waals surface area contributed by atoms with E-state index in [4.69, 9.17) is 14.2 Å².